The summed E-state index contributed by atoms with van der Waals surface area (Å²) in [5.74, 6) is 0.310. The molecule has 0 saturated carbocycles. The molecular formula is C14H29NO3. The zero-order valence-electron chi connectivity index (χ0n) is 12.2. The Kier molecular flexibility index (Phi) is 9.98. The lowest BCUT2D eigenvalue weighted by Crippen LogP contribution is -2.29. The van der Waals surface area contributed by atoms with Crippen molar-refractivity contribution in [1.82, 2.24) is 5.32 Å². The molecule has 0 aromatic rings. The average Bonchev–Trinajstić information content (AvgIpc) is 2.26. The van der Waals surface area contributed by atoms with E-state index in [0.29, 0.717) is 13.0 Å². The highest BCUT2D eigenvalue weighted by Crippen LogP contribution is 2.11. The van der Waals surface area contributed by atoms with Gasteiger partial charge in [0.1, 0.15) is 0 Å². The summed E-state index contributed by atoms with van der Waals surface area (Å²) >= 11 is 0. The van der Waals surface area contributed by atoms with Gasteiger partial charge in [-0.3, -0.25) is 4.79 Å². The summed E-state index contributed by atoms with van der Waals surface area (Å²) in [7, 11) is 0. The summed E-state index contributed by atoms with van der Waals surface area (Å²) in [6.45, 7) is 8.67. The number of amides is 1. The van der Waals surface area contributed by atoms with Gasteiger partial charge in [0, 0.05) is 25.0 Å². The van der Waals surface area contributed by atoms with E-state index < -0.39 is 0 Å². The summed E-state index contributed by atoms with van der Waals surface area (Å²) < 4.78 is 5.49. The van der Waals surface area contributed by atoms with Gasteiger partial charge in [0.15, 0.2) is 0 Å². The molecule has 108 valence electrons. The SMILES string of the molecule is CC(C)NC(=O)CCCCC(CO)COC(C)C. The molecule has 4 heteroatoms. The Labute approximate surface area is 111 Å². The first kappa shape index (κ1) is 17.4. The van der Waals surface area contributed by atoms with E-state index in [0.717, 1.165) is 19.3 Å². The third-order valence-electron chi connectivity index (χ3n) is 2.64. The Morgan fingerprint density at radius 1 is 1.22 bits per heavy atom. The Morgan fingerprint density at radius 2 is 1.89 bits per heavy atom. The number of nitrogens with one attached hydrogen (secondary N) is 1. The van der Waals surface area contributed by atoms with Crippen molar-refractivity contribution in [1.29, 1.82) is 0 Å². The zero-order valence-corrected chi connectivity index (χ0v) is 12.2. The van der Waals surface area contributed by atoms with Crippen LogP contribution in [0.4, 0.5) is 0 Å². The van der Waals surface area contributed by atoms with E-state index in [-0.39, 0.29) is 30.6 Å². The molecule has 1 amide bonds. The van der Waals surface area contributed by atoms with Gasteiger partial charge in [-0.25, -0.2) is 0 Å². The van der Waals surface area contributed by atoms with Gasteiger partial charge in [0.2, 0.25) is 5.91 Å². The number of hydrogen-bond donors (Lipinski definition) is 2. The fourth-order valence-electron chi connectivity index (χ4n) is 1.67. The van der Waals surface area contributed by atoms with Crippen LogP contribution in [0.1, 0.15) is 53.4 Å². The molecule has 0 radical (unpaired) electrons. The van der Waals surface area contributed by atoms with Crippen molar-refractivity contribution < 1.29 is 14.6 Å². The molecule has 4 nitrogen and oxygen atoms in total. The van der Waals surface area contributed by atoms with Crippen molar-refractivity contribution in [3.63, 3.8) is 0 Å². The fourth-order valence-corrected chi connectivity index (χ4v) is 1.67. The van der Waals surface area contributed by atoms with Crippen LogP contribution in [0.25, 0.3) is 0 Å². The number of ether oxygens (including phenoxy) is 1. The predicted octanol–water partition coefficient (Wildman–Crippen LogP) is 2.10. The maximum atomic E-state index is 11.4. The summed E-state index contributed by atoms with van der Waals surface area (Å²) in [4.78, 5) is 11.4. The van der Waals surface area contributed by atoms with E-state index in [1.165, 1.54) is 0 Å². The average molecular weight is 259 g/mol. The van der Waals surface area contributed by atoms with Crippen LogP contribution in [-0.4, -0.2) is 36.4 Å². The molecule has 0 spiro atoms. The molecule has 2 N–H and O–H groups in total. The first-order chi connectivity index (χ1) is 8.45. The normalized spacial score (nSPS) is 13.1. The largest absolute Gasteiger partial charge is 0.396 e. The molecule has 1 atom stereocenters. The highest BCUT2D eigenvalue weighted by Gasteiger charge is 2.09. The lowest BCUT2D eigenvalue weighted by atomic mass is 10.0. The molecular weight excluding hydrogens is 230 g/mol. The summed E-state index contributed by atoms with van der Waals surface area (Å²) in [5.41, 5.74) is 0. The number of aliphatic hydroxyl groups excluding tert-OH is 1. The highest BCUT2D eigenvalue weighted by molar-refractivity contribution is 5.76. The van der Waals surface area contributed by atoms with Crippen molar-refractivity contribution in [2.24, 2.45) is 5.92 Å². The molecule has 0 heterocycles. The first-order valence-electron chi connectivity index (χ1n) is 6.97. The Balaban J connectivity index is 3.58. The molecule has 0 aliphatic carbocycles. The molecule has 0 aliphatic rings. The standard InChI is InChI=1S/C14H29NO3/c1-11(2)15-14(17)8-6-5-7-13(9-16)10-18-12(3)4/h11-13,16H,5-10H2,1-4H3,(H,15,17). The van der Waals surface area contributed by atoms with Crippen molar-refractivity contribution in [3.8, 4) is 0 Å². The Morgan fingerprint density at radius 3 is 2.39 bits per heavy atom. The lowest BCUT2D eigenvalue weighted by Gasteiger charge is -2.16. The second-order valence-corrected chi connectivity index (χ2v) is 5.40. The Bertz CT molecular complexity index is 217. The maximum Gasteiger partial charge on any atom is 0.220 e. The van der Waals surface area contributed by atoms with Gasteiger partial charge in [0.05, 0.1) is 12.7 Å². The van der Waals surface area contributed by atoms with Gasteiger partial charge in [-0.1, -0.05) is 6.42 Å². The molecule has 0 aromatic carbocycles. The van der Waals surface area contributed by atoms with Crippen molar-refractivity contribution in [2.75, 3.05) is 13.2 Å². The van der Waals surface area contributed by atoms with Crippen LogP contribution in [0.2, 0.25) is 0 Å². The van der Waals surface area contributed by atoms with E-state index in [4.69, 9.17) is 4.74 Å². The lowest BCUT2D eigenvalue weighted by molar-refractivity contribution is -0.121. The van der Waals surface area contributed by atoms with Crippen LogP contribution in [-0.2, 0) is 9.53 Å². The monoisotopic (exact) mass is 259 g/mol. The quantitative estimate of drug-likeness (QED) is 0.591. The highest BCUT2D eigenvalue weighted by atomic mass is 16.5. The molecule has 0 aliphatic heterocycles. The first-order valence-corrected chi connectivity index (χ1v) is 6.97. The molecule has 0 aromatic heterocycles. The van der Waals surface area contributed by atoms with Crippen LogP contribution in [0, 0.1) is 5.92 Å². The number of aliphatic hydroxyl groups is 1. The molecule has 0 saturated heterocycles. The van der Waals surface area contributed by atoms with Crippen LogP contribution in [0.5, 0.6) is 0 Å². The molecule has 18 heavy (non-hydrogen) atoms. The Hall–Kier alpha value is -0.610. The minimum atomic E-state index is 0.115. The van der Waals surface area contributed by atoms with Crippen molar-refractivity contribution in [2.45, 2.75) is 65.5 Å². The third kappa shape index (κ3) is 10.5. The van der Waals surface area contributed by atoms with E-state index in [1.54, 1.807) is 0 Å². The number of hydrogen-bond acceptors (Lipinski definition) is 3. The van der Waals surface area contributed by atoms with E-state index in [1.807, 2.05) is 27.7 Å². The van der Waals surface area contributed by atoms with Crippen molar-refractivity contribution in [3.05, 3.63) is 0 Å². The van der Waals surface area contributed by atoms with Crippen LogP contribution < -0.4 is 5.32 Å². The minimum absolute atomic E-state index is 0.115. The second kappa shape index (κ2) is 10.3. The second-order valence-electron chi connectivity index (χ2n) is 5.40. The zero-order chi connectivity index (χ0) is 14.0. The number of unbranched alkanes of at least 4 members (excludes halogenated alkanes) is 1. The van der Waals surface area contributed by atoms with E-state index >= 15 is 0 Å². The van der Waals surface area contributed by atoms with Crippen LogP contribution in [0.15, 0.2) is 0 Å². The molecule has 0 bridgehead atoms. The van der Waals surface area contributed by atoms with Gasteiger partial charge in [-0.05, 0) is 40.5 Å². The molecule has 0 fully saturated rings. The van der Waals surface area contributed by atoms with Gasteiger partial charge in [-0.2, -0.15) is 0 Å². The topological polar surface area (TPSA) is 58.6 Å². The molecule has 1 unspecified atom stereocenters. The van der Waals surface area contributed by atoms with Gasteiger partial charge in [0.25, 0.3) is 0 Å². The summed E-state index contributed by atoms with van der Waals surface area (Å²) in [6, 6.07) is 0.210. The molecule has 0 rings (SSSR count). The number of carbonyl (C=O) groups is 1. The predicted molar refractivity (Wildman–Crippen MR) is 73.4 cm³/mol. The third-order valence-corrected chi connectivity index (χ3v) is 2.64. The minimum Gasteiger partial charge on any atom is -0.396 e. The van der Waals surface area contributed by atoms with E-state index in [2.05, 4.69) is 5.32 Å². The number of rotatable bonds is 10. The summed E-state index contributed by atoms with van der Waals surface area (Å²) in [5, 5.41) is 12.1. The van der Waals surface area contributed by atoms with Gasteiger partial charge >= 0.3 is 0 Å². The van der Waals surface area contributed by atoms with Crippen molar-refractivity contribution >= 4 is 5.91 Å². The smallest absolute Gasteiger partial charge is 0.220 e. The van der Waals surface area contributed by atoms with E-state index in [9.17, 15) is 9.90 Å². The van der Waals surface area contributed by atoms with Crippen LogP contribution in [0.3, 0.4) is 0 Å². The fraction of sp³-hybridized carbons (Fsp3) is 0.929. The summed E-state index contributed by atoms with van der Waals surface area (Å²) in [6.07, 6.45) is 3.52. The maximum absolute atomic E-state index is 11.4. The van der Waals surface area contributed by atoms with Gasteiger partial charge in [-0.15, -0.1) is 0 Å². The van der Waals surface area contributed by atoms with Gasteiger partial charge < -0.3 is 15.2 Å². The van der Waals surface area contributed by atoms with Crippen LogP contribution >= 0.6 is 0 Å². The number of carbonyl (C=O) groups excluding carboxylic acids is 1.